The predicted octanol–water partition coefficient (Wildman–Crippen LogP) is 2.37. The number of piperidine rings is 1. The largest absolute Gasteiger partial charge is 0.465 e. The number of carbonyl (C=O) groups excluding carboxylic acids is 2. The maximum absolute atomic E-state index is 14.1. The summed E-state index contributed by atoms with van der Waals surface area (Å²) >= 11 is 5.94. The Morgan fingerprint density at radius 2 is 1.77 bits per heavy atom. The van der Waals surface area contributed by atoms with E-state index < -0.39 is 37.7 Å². The number of carbonyl (C=O) groups is 2. The van der Waals surface area contributed by atoms with Gasteiger partial charge < -0.3 is 10.1 Å². The first kappa shape index (κ1) is 21.0. The standard InChI is InChI=1S/C21H22ClN2O5S/c1-29-19(25)14-24(30(27,28)16-8-6-15(22)7-9-16)18-5-3-2-4-17(18)21(20(24)26)10-12-23-13-11-21/h2-9,23H,10-14H2,1H3/q+1. The summed E-state index contributed by atoms with van der Waals surface area (Å²) in [7, 11) is -3.17. The summed E-state index contributed by atoms with van der Waals surface area (Å²) < 4.78 is 31.7. The van der Waals surface area contributed by atoms with E-state index in [0.717, 1.165) is 0 Å². The quantitative estimate of drug-likeness (QED) is 0.569. The van der Waals surface area contributed by atoms with Gasteiger partial charge in [0.2, 0.25) is 6.54 Å². The molecule has 1 fully saturated rings. The Kier molecular flexibility index (Phi) is 5.22. The minimum atomic E-state index is -4.35. The van der Waals surface area contributed by atoms with E-state index >= 15 is 0 Å². The molecule has 1 N–H and O–H groups in total. The van der Waals surface area contributed by atoms with Gasteiger partial charge in [0.05, 0.1) is 7.11 Å². The van der Waals surface area contributed by atoms with Gasteiger partial charge >= 0.3 is 21.9 Å². The molecule has 2 aromatic rings. The van der Waals surface area contributed by atoms with Crippen LogP contribution in [0.2, 0.25) is 5.02 Å². The molecular weight excluding hydrogens is 428 g/mol. The average molecular weight is 450 g/mol. The van der Waals surface area contributed by atoms with E-state index in [1.54, 1.807) is 24.3 Å². The van der Waals surface area contributed by atoms with Crippen LogP contribution < -0.4 is 9.21 Å². The van der Waals surface area contributed by atoms with Gasteiger partial charge in [-0.3, -0.25) is 0 Å². The molecule has 2 aromatic carbocycles. The Morgan fingerprint density at radius 3 is 2.40 bits per heavy atom. The van der Waals surface area contributed by atoms with Gasteiger partial charge in [0.1, 0.15) is 10.3 Å². The molecule has 2 aliphatic rings. The lowest BCUT2D eigenvalue weighted by atomic mass is 9.74. The van der Waals surface area contributed by atoms with Gasteiger partial charge in [0.15, 0.2) is 5.69 Å². The van der Waals surface area contributed by atoms with Gasteiger partial charge in [-0.1, -0.05) is 29.8 Å². The van der Waals surface area contributed by atoms with Crippen molar-refractivity contribution >= 4 is 39.2 Å². The molecule has 7 nitrogen and oxygen atoms in total. The molecule has 0 radical (unpaired) electrons. The Morgan fingerprint density at radius 1 is 1.13 bits per heavy atom. The number of quaternary nitrogens is 1. The van der Waals surface area contributed by atoms with Crippen molar-refractivity contribution in [3.8, 4) is 0 Å². The summed E-state index contributed by atoms with van der Waals surface area (Å²) in [6, 6.07) is 12.5. The van der Waals surface area contributed by atoms with E-state index in [1.807, 2.05) is 0 Å². The fourth-order valence-corrected chi connectivity index (χ4v) is 6.67. The maximum atomic E-state index is 14.1. The van der Waals surface area contributed by atoms with E-state index in [9.17, 15) is 18.0 Å². The van der Waals surface area contributed by atoms with Gasteiger partial charge in [-0.15, -0.1) is 3.89 Å². The van der Waals surface area contributed by atoms with Crippen LogP contribution in [-0.4, -0.2) is 47.0 Å². The van der Waals surface area contributed by atoms with Gasteiger partial charge in [0.25, 0.3) is 0 Å². The number of hydrogen-bond donors (Lipinski definition) is 1. The number of sulfonamides is 1. The topological polar surface area (TPSA) is 89.5 Å². The van der Waals surface area contributed by atoms with Gasteiger partial charge in [-0.2, -0.15) is 8.42 Å². The van der Waals surface area contributed by atoms with Crippen molar-refractivity contribution in [2.24, 2.45) is 0 Å². The minimum absolute atomic E-state index is 0.0788. The van der Waals surface area contributed by atoms with Crippen molar-refractivity contribution in [2.75, 3.05) is 26.7 Å². The second-order valence-corrected chi connectivity index (χ2v) is 10.0. The summed E-state index contributed by atoms with van der Waals surface area (Å²) in [5.74, 6) is -1.28. The molecule has 158 valence electrons. The number of para-hydroxylation sites is 1. The van der Waals surface area contributed by atoms with Gasteiger partial charge in [0, 0.05) is 16.7 Å². The number of amides is 1. The van der Waals surface area contributed by atoms with Crippen molar-refractivity contribution in [1.29, 1.82) is 0 Å². The highest BCUT2D eigenvalue weighted by molar-refractivity contribution is 7.91. The number of nitrogens with one attached hydrogen (secondary N) is 1. The van der Waals surface area contributed by atoms with E-state index in [-0.39, 0.29) is 4.90 Å². The van der Waals surface area contributed by atoms with Crippen LogP contribution in [-0.2, 0) is 29.8 Å². The molecule has 0 saturated carbocycles. The second kappa shape index (κ2) is 7.46. The zero-order valence-corrected chi connectivity index (χ0v) is 18.0. The lowest BCUT2D eigenvalue weighted by Gasteiger charge is -2.34. The Balaban J connectivity index is 2.03. The van der Waals surface area contributed by atoms with Crippen molar-refractivity contribution in [2.45, 2.75) is 23.2 Å². The van der Waals surface area contributed by atoms with Crippen LogP contribution in [0.4, 0.5) is 5.69 Å². The van der Waals surface area contributed by atoms with Crippen molar-refractivity contribution in [3.05, 3.63) is 59.1 Å². The molecule has 1 atom stereocenters. The van der Waals surface area contributed by atoms with Crippen LogP contribution in [0.25, 0.3) is 0 Å². The van der Waals surface area contributed by atoms with Crippen LogP contribution in [0.3, 0.4) is 0 Å². The Labute approximate surface area is 180 Å². The van der Waals surface area contributed by atoms with Crippen molar-refractivity contribution in [3.63, 3.8) is 0 Å². The molecule has 1 amide bonds. The third-order valence-electron chi connectivity index (χ3n) is 6.10. The summed E-state index contributed by atoms with van der Waals surface area (Å²) in [6.45, 7) is 0.533. The number of ether oxygens (including phenoxy) is 1. The average Bonchev–Trinajstić information content (AvgIpc) is 2.96. The van der Waals surface area contributed by atoms with Gasteiger partial charge in [-0.05, 0) is 50.2 Å². The lowest BCUT2D eigenvalue weighted by Crippen LogP contribution is -2.63. The number of benzene rings is 2. The highest BCUT2D eigenvalue weighted by atomic mass is 35.5. The third kappa shape index (κ3) is 2.82. The number of esters is 1. The molecule has 1 saturated heterocycles. The molecule has 0 aromatic heterocycles. The first-order valence-electron chi connectivity index (χ1n) is 9.61. The molecule has 1 unspecified atom stereocenters. The van der Waals surface area contributed by atoms with E-state index in [1.165, 1.54) is 31.4 Å². The fourth-order valence-electron chi connectivity index (χ4n) is 4.61. The van der Waals surface area contributed by atoms with E-state index in [0.29, 0.717) is 42.2 Å². The molecule has 30 heavy (non-hydrogen) atoms. The molecule has 4 rings (SSSR count). The zero-order valence-electron chi connectivity index (χ0n) is 16.4. The van der Waals surface area contributed by atoms with Crippen molar-refractivity contribution < 1.29 is 22.7 Å². The fraction of sp³-hybridized carbons (Fsp3) is 0.333. The van der Waals surface area contributed by atoms with E-state index in [2.05, 4.69) is 5.32 Å². The zero-order chi connectivity index (χ0) is 21.6. The molecule has 9 heteroatoms. The summed E-state index contributed by atoms with van der Waals surface area (Å²) in [5.41, 5.74) is -0.00211. The van der Waals surface area contributed by atoms with Crippen LogP contribution >= 0.6 is 11.6 Å². The lowest BCUT2D eigenvalue weighted by molar-refractivity contribution is -0.144. The normalized spacial score (nSPS) is 22.7. The highest BCUT2D eigenvalue weighted by Crippen LogP contribution is 2.53. The van der Waals surface area contributed by atoms with Crippen LogP contribution in [0.1, 0.15) is 18.4 Å². The molecular formula is C21H22ClN2O5S+. The number of rotatable bonds is 4. The number of fused-ring (bicyclic) bond motifs is 2. The maximum Gasteiger partial charge on any atom is 0.363 e. The Hall–Kier alpha value is -2.26. The number of hydrogen-bond acceptors (Lipinski definition) is 6. The smallest absolute Gasteiger partial charge is 0.363 e. The van der Waals surface area contributed by atoms with Crippen LogP contribution in [0.5, 0.6) is 0 Å². The minimum Gasteiger partial charge on any atom is -0.465 e. The summed E-state index contributed by atoms with van der Waals surface area (Å²) in [5, 5.41) is 3.60. The Bertz CT molecular complexity index is 1110. The van der Waals surface area contributed by atoms with Crippen LogP contribution in [0, 0.1) is 0 Å². The SMILES string of the molecule is COC(=O)C[N+]1(S(=O)(=O)c2ccc(Cl)cc2)C(=O)C2(CCNCC2)c2ccccc21. The summed E-state index contributed by atoms with van der Waals surface area (Å²) in [4.78, 5) is 26.5. The van der Waals surface area contributed by atoms with E-state index in [4.69, 9.17) is 16.3 Å². The molecule has 2 heterocycles. The predicted molar refractivity (Wildman–Crippen MR) is 113 cm³/mol. The highest BCUT2D eigenvalue weighted by Gasteiger charge is 2.68. The van der Waals surface area contributed by atoms with Gasteiger partial charge in [-0.25, -0.2) is 9.59 Å². The van der Waals surface area contributed by atoms with Crippen LogP contribution in [0.15, 0.2) is 53.4 Å². The third-order valence-corrected chi connectivity index (χ3v) is 8.54. The molecule has 0 aliphatic carbocycles. The first-order chi connectivity index (χ1) is 14.3. The summed E-state index contributed by atoms with van der Waals surface area (Å²) in [6.07, 6.45) is 0.917. The number of nitrogens with zero attached hydrogens (tertiary/aromatic N) is 1. The monoisotopic (exact) mass is 449 g/mol. The molecule has 0 bridgehead atoms. The van der Waals surface area contributed by atoms with Crippen molar-refractivity contribution in [1.82, 2.24) is 9.21 Å². The molecule has 1 spiro atoms. The first-order valence-corrected chi connectivity index (χ1v) is 11.4. The number of methoxy groups -OCH3 is 1. The molecule has 2 aliphatic heterocycles. The second-order valence-electron chi connectivity index (χ2n) is 7.56. The number of halogens is 1.